The van der Waals surface area contributed by atoms with E-state index in [1.54, 1.807) is 15.8 Å². The van der Waals surface area contributed by atoms with E-state index >= 15 is 0 Å². The Balaban J connectivity index is 1.82. The summed E-state index contributed by atoms with van der Waals surface area (Å²) in [6, 6.07) is 16.9. The fourth-order valence-electron chi connectivity index (χ4n) is 4.37. The zero-order valence-corrected chi connectivity index (χ0v) is 17.6. The van der Waals surface area contributed by atoms with E-state index in [1.165, 1.54) is 6.07 Å². The van der Waals surface area contributed by atoms with Crippen LogP contribution in [0.4, 0.5) is 0 Å². The van der Waals surface area contributed by atoms with Gasteiger partial charge in [-0.1, -0.05) is 54.6 Å². The zero-order chi connectivity index (χ0) is 22.2. The highest BCUT2D eigenvalue weighted by Crippen LogP contribution is 2.38. The van der Waals surface area contributed by atoms with Crippen LogP contribution < -0.4 is 15.2 Å². The van der Waals surface area contributed by atoms with Crippen molar-refractivity contribution in [2.45, 2.75) is 13.0 Å². The predicted molar refractivity (Wildman–Crippen MR) is 121 cm³/mol. The number of rotatable bonds is 1. The van der Waals surface area contributed by atoms with Crippen molar-refractivity contribution in [1.82, 2.24) is 9.58 Å². The maximum Gasteiger partial charge on any atom is 0.278 e. The second-order valence-electron chi connectivity index (χ2n) is 7.92. The molecule has 0 spiro atoms. The first kappa shape index (κ1) is 19.9. The molecule has 2 aromatic carbocycles. The third-order valence-electron chi connectivity index (χ3n) is 5.90. The van der Waals surface area contributed by atoms with Crippen LogP contribution in [-0.4, -0.2) is 40.4 Å². The summed E-state index contributed by atoms with van der Waals surface area (Å²) in [5.41, 5.74) is 2.32. The molecule has 2 bridgehead atoms. The maximum atomic E-state index is 13.2. The summed E-state index contributed by atoms with van der Waals surface area (Å²) in [6.07, 6.45) is 5.29. The first-order valence-electron chi connectivity index (χ1n) is 10.5. The van der Waals surface area contributed by atoms with Crippen LogP contribution in [0.3, 0.4) is 0 Å². The fraction of sp³-hybridized carbons (Fsp3) is 0.200. The van der Waals surface area contributed by atoms with Gasteiger partial charge < -0.3 is 14.7 Å². The van der Waals surface area contributed by atoms with Gasteiger partial charge in [-0.25, -0.2) is 0 Å². The number of para-hydroxylation sites is 1. The van der Waals surface area contributed by atoms with Crippen molar-refractivity contribution in [2.24, 2.45) is 0 Å². The highest BCUT2D eigenvalue weighted by molar-refractivity contribution is 5.96. The largest absolute Gasteiger partial charge is 0.502 e. The van der Waals surface area contributed by atoms with Gasteiger partial charge in [-0.2, -0.15) is 0 Å². The third kappa shape index (κ3) is 3.22. The quantitative estimate of drug-likeness (QED) is 0.602. The normalized spacial score (nSPS) is 17.8. The lowest BCUT2D eigenvalue weighted by Crippen LogP contribution is -2.55. The summed E-state index contributed by atoms with van der Waals surface area (Å²) in [6.45, 7) is 2.98. The summed E-state index contributed by atoms with van der Waals surface area (Å²) in [7, 11) is 0. The van der Waals surface area contributed by atoms with E-state index in [0.29, 0.717) is 13.2 Å². The first-order chi connectivity index (χ1) is 15.6. The molecule has 0 fully saturated rings. The Hall–Kier alpha value is -4.00. The average molecular weight is 429 g/mol. The Kier molecular flexibility index (Phi) is 4.93. The van der Waals surface area contributed by atoms with Crippen LogP contribution in [0.25, 0.3) is 0 Å². The Labute approximate surface area is 185 Å². The van der Waals surface area contributed by atoms with Crippen LogP contribution in [0.15, 0.2) is 77.7 Å². The minimum Gasteiger partial charge on any atom is -0.502 e. The van der Waals surface area contributed by atoms with Crippen molar-refractivity contribution in [3.63, 3.8) is 0 Å². The van der Waals surface area contributed by atoms with Gasteiger partial charge in [-0.15, -0.1) is 0 Å². The number of nitrogens with zero attached hydrogens (tertiary/aromatic N) is 3. The molecule has 0 saturated heterocycles. The molecule has 3 heterocycles. The molecule has 7 heteroatoms. The molecule has 1 unspecified atom stereocenters. The SMILES string of the molecule is Cc1cccc2c1OCC=CCN1CN(C2c2ccccc2)n2ccc(=O)c(O)c2C1=O. The summed E-state index contributed by atoms with van der Waals surface area (Å²) in [4.78, 5) is 27.0. The van der Waals surface area contributed by atoms with Crippen molar-refractivity contribution in [3.05, 3.63) is 106 Å². The number of carbonyl (C=O) groups excluding carboxylic acids is 1. The number of hydrogen-bond acceptors (Lipinski definition) is 5. The Bertz CT molecular complexity index is 1270. The zero-order valence-electron chi connectivity index (χ0n) is 17.6. The van der Waals surface area contributed by atoms with Gasteiger partial charge in [0, 0.05) is 24.4 Å². The third-order valence-corrected chi connectivity index (χ3v) is 5.90. The van der Waals surface area contributed by atoms with Gasteiger partial charge in [-0.05, 0) is 24.1 Å². The number of pyridine rings is 1. The number of amides is 1. The second kappa shape index (κ2) is 7.92. The molecule has 1 N–H and O–H groups in total. The van der Waals surface area contributed by atoms with Crippen molar-refractivity contribution in [3.8, 4) is 11.5 Å². The van der Waals surface area contributed by atoms with Crippen LogP contribution in [-0.2, 0) is 0 Å². The van der Waals surface area contributed by atoms with Crippen molar-refractivity contribution in [1.29, 1.82) is 0 Å². The minimum absolute atomic E-state index is 0.0348. The lowest BCUT2D eigenvalue weighted by molar-refractivity contribution is 0.0701. The minimum atomic E-state index is -0.581. The number of fused-ring (bicyclic) bond motifs is 5. The molecule has 1 amide bonds. The molecule has 3 aromatic rings. The Morgan fingerprint density at radius 2 is 1.81 bits per heavy atom. The van der Waals surface area contributed by atoms with E-state index < -0.39 is 17.1 Å². The van der Waals surface area contributed by atoms with E-state index in [1.807, 2.05) is 72.6 Å². The Morgan fingerprint density at radius 3 is 2.62 bits per heavy atom. The van der Waals surface area contributed by atoms with Crippen LogP contribution in [0.5, 0.6) is 11.5 Å². The fourth-order valence-corrected chi connectivity index (χ4v) is 4.37. The average Bonchev–Trinajstić information content (AvgIpc) is 2.83. The molecular formula is C25H23N3O4. The Morgan fingerprint density at radius 1 is 1.00 bits per heavy atom. The topological polar surface area (TPSA) is 75.0 Å². The van der Waals surface area contributed by atoms with Crippen molar-refractivity contribution < 1.29 is 14.6 Å². The number of carbonyl (C=O) groups is 1. The molecule has 2 aliphatic heterocycles. The van der Waals surface area contributed by atoms with Crippen molar-refractivity contribution >= 4 is 5.91 Å². The van der Waals surface area contributed by atoms with Crippen LogP contribution in [0, 0.1) is 6.92 Å². The number of benzene rings is 2. The number of hydrogen-bond donors (Lipinski definition) is 1. The molecule has 7 nitrogen and oxygen atoms in total. The summed E-state index contributed by atoms with van der Waals surface area (Å²) in [5, 5.41) is 12.5. The second-order valence-corrected chi connectivity index (χ2v) is 7.92. The molecule has 5 rings (SSSR count). The molecule has 0 saturated carbocycles. The number of ether oxygens (including phenoxy) is 1. The summed E-state index contributed by atoms with van der Waals surface area (Å²) < 4.78 is 7.78. The molecule has 1 atom stereocenters. The molecule has 32 heavy (non-hydrogen) atoms. The number of aromatic nitrogens is 1. The van der Waals surface area contributed by atoms with Crippen LogP contribution in [0.1, 0.15) is 33.2 Å². The standard InChI is InChI=1S/C25H23N3O4/c1-17-8-7-11-19-21(18-9-3-2-4-10-18)28-16-26(13-5-6-15-32-24(17)19)25(31)22-23(30)20(29)12-14-27(22)28/h2-12,14,21,30H,13,15-16H2,1H3. The van der Waals surface area contributed by atoms with Gasteiger partial charge in [-0.3, -0.25) is 19.3 Å². The van der Waals surface area contributed by atoms with Crippen LogP contribution in [0.2, 0.25) is 0 Å². The molecular weight excluding hydrogens is 406 g/mol. The molecule has 162 valence electrons. The molecule has 1 aromatic heterocycles. The van der Waals surface area contributed by atoms with Gasteiger partial charge in [0.1, 0.15) is 25.1 Å². The van der Waals surface area contributed by atoms with Gasteiger partial charge in [0.25, 0.3) is 5.91 Å². The smallest absolute Gasteiger partial charge is 0.278 e. The van der Waals surface area contributed by atoms with Crippen LogP contribution >= 0.6 is 0 Å². The first-order valence-corrected chi connectivity index (χ1v) is 10.5. The summed E-state index contributed by atoms with van der Waals surface area (Å²) >= 11 is 0. The monoisotopic (exact) mass is 429 g/mol. The predicted octanol–water partition coefficient (Wildman–Crippen LogP) is 2.95. The van der Waals surface area contributed by atoms with Gasteiger partial charge in [0.2, 0.25) is 5.43 Å². The number of aromatic hydroxyl groups is 1. The van der Waals surface area contributed by atoms with Gasteiger partial charge in [0.15, 0.2) is 11.4 Å². The molecule has 2 aliphatic rings. The number of aryl methyl sites for hydroxylation is 1. The van der Waals surface area contributed by atoms with E-state index in [9.17, 15) is 14.7 Å². The van der Waals surface area contributed by atoms with E-state index in [2.05, 4.69) is 0 Å². The molecule has 0 aliphatic carbocycles. The van der Waals surface area contributed by atoms with E-state index in [4.69, 9.17) is 4.74 Å². The highest BCUT2D eigenvalue weighted by Gasteiger charge is 2.37. The van der Waals surface area contributed by atoms with E-state index in [-0.39, 0.29) is 18.4 Å². The maximum absolute atomic E-state index is 13.2. The lowest BCUT2D eigenvalue weighted by Gasteiger charge is -2.44. The highest BCUT2D eigenvalue weighted by atomic mass is 16.5. The van der Waals surface area contributed by atoms with E-state index in [0.717, 1.165) is 22.4 Å². The van der Waals surface area contributed by atoms with Crippen molar-refractivity contribution in [2.75, 3.05) is 24.8 Å². The lowest BCUT2D eigenvalue weighted by atomic mass is 9.95. The van der Waals surface area contributed by atoms with Gasteiger partial charge in [0.05, 0.1) is 0 Å². The summed E-state index contributed by atoms with van der Waals surface area (Å²) in [5.74, 6) is -0.153. The van der Waals surface area contributed by atoms with Gasteiger partial charge >= 0.3 is 0 Å². The molecule has 0 radical (unpaired) electrons.